The van der Waals surface area contributed by atoms with E-state index in [-0.39, 0.29) is 0 Å². The van der Waals surface area contributed by atoms with E-state index in [1.807, 2.05) is 12.3 Å². The van der Waals surface area contributed by atoms with Gasteiger partial charge < -0.3 is 4.90 Å². The molecule has 3 heteroatoms. The molecule has 3 atom stereocenters. The van der Waals surface area contributed by atoms with E-state index < -0.39 is 0 Å². The minimum atomic E-state index is 0.456. The fourth-order valence-corrected chi connectivity index (χ4v) is 3.34. The molecule has 4 rings (SSSR count). The molecule has 0 saturated carbocycles. The number of nitrogens with zero attached hydrogens (tertiary/aromatic N) is 3. The molecule has 4 heterocycles. The summed E-state index contributed by atoms with van der Waals surface area (Å²) in [5.74, 6) is 0. The minimum Gasteiger partial charge on any atom is -0.301 e. The third-order valence-electron chi connectivity index (χ3n) is 4.46. The summed E-state index contributed by atoms with van der Waals surface area (Å²) in [4.78, 5) is 9.67. The van der Waals surface area contributed by atoms with Crippen molar-refractivity contribution >= 4 is 0 Å². The van der Waals surface area contributed by atoms with Crippen molar-refractivity contribution in [3.63, 3.8) is 0 Å². The molecule has 0 N–H and O–H groups in total. The second kappa shape index (κ2) is 4.39. The average molecular weight is 231 g/mol. The zero-order valence-corrected chi connectivity index (χ0v) is 10.7. The molecule has 2 bridgehead atoms. The number of likely N-dealkylation sites (N-methyl/N-ethyl adjacent to an activating group) is 1. The zero-order valence-electron chi connectivity index (χ0n) is 10.7. The van der Waals surface area contributed by atoms with Crippen LogP contribution in [0.25, 0.3) is 0 Å². The molecule has 0 spiro atoms. The van der Waals surface area contributed by atoms with E-state index in [2.05, 4.69) is 40.9 Å². The van der Waals surface area contributed by atoms with Gasteiger partial charge in [0.25, 0.3) is 0 Å². The van der Waals surface area contributed by atoms with Crippen LogP contribution in [-0.4, -0.2) is 47.0 Å². The highest BCUT2D eigenvalue weighted by Crippen LogP contribution is 2.33. The summed E-state index contributed by atoms with van der Waals surface area (Å²) in [6.07, 6.45) is 4.62. The molecule has 3 fully saturated rings. The number of piperidine rings is 2. The first-order valence-corrected chi connectivity index (χ1v) is 6.62. The smallest absolute Gasteiger partial charge is 0.0572 e. The van der Waals surface area contributed by atoms with Crippen LogP contribution in [0, 0.1) is 0 Å². The van der Waals surface area contributed by atoms with E-state index in [9.17, 15) is 0 Å². The standard InChI is InChI=1S/C14H21N3/c1-11(14-5-3-4-8-15-14)17-10-12-6-7-13(17)9-16(12)2/h3-5,8,11-13H,6-7,9-10H2,1-2H3/t11-,12?,13?/m0/s1. The summed E-state index contributed by atoms with van der Waals surface area (Å²) in [6, 6.07) is 8.17. The van der Waals surface area contributed by atoms with Crippen LogP contribution >= 0.6 is 0 Å². The van der Waals surface area contributed by atoms with E-state index in [4.69, 9.17) is 0 Å². The third kappa shape index (κ3) is 1.98. The molecule has 1 aromatic heterocycles. The van der Waals surface area contributed by atoms with Crippen LogP contribution in [0.3, 0.4) is 0 Å². The number of hydrogen-bond donors (Lipinski definition) is 0. The number of rotatable bonds is 2. The Labute approximate surface area is 103 Å². The van der Waals surface area contributed by atoms with Crippen LogP contribution in [0.1, 0.15) is 31.5 Å². The normalized spacial score (nSPS) is 31.6. The molecule has 92 valence electrons. The van der Waals surface area contributed by atoms with Crippen LogP contribution in [-0.2, 0) is 0 Å². The van der Waals surface area contributed by atoms with Crippen molar-refractivity contribution in [1.82, 2.24) is 14.8 Å². The molecule has 2 unspecified atom stereocenters. The van der Waals surface area contributed by atoms with Crippen LogP contribution in [0.15, 0.2) is 24.4 Å². The van der Waals surface area contributed by atoms with Crippen LogP contribution < -0.4 is 0 Å². The van der Waals surface area contributed by atoms with Crippen molar-refractivity contribution in [2.75, 3.05) is 20.1 Å². The molecule has 17 heavy (non-hydrogen) atoms. The quantitative estimate of drug-likeness (QED) is 0.775. The highest BCUT2D eigenvalue weighted by Gasteiger charge is 2.39. The highest BCUT2D eigenvalue weighted by molar-refractivity contribution is 5.10. The molecule has 3 aliphatic heterocycles. The van der Waals surface area contributed by atoms with Gasteiger partial charge in [-0.05, 0) is 38.9 Å². The van der Waals surface area contributed by atoms with Crippen LogP contribution in [0.2, 0.25) is 0 Å². The molecule has 0 radical (unpaired) electrons. The predicted molar refractivity (Wildman–Crippen MR) is 68.8 cm³/mol. The van der Waals surface area contributed by atoms with Crippen LogP contribution in [0.4, 0.5) is 0 Å². The zero-order chi connectivity index (χ0) is 11.8. The summed E-state index contributed by atoms with van der Waals surface area (Å²) < 4.78 is 0. The van der Waals surface area contributed by atoms with E-state index in [1.165, 1.54) is 31.6 Å². The van der Waals surface area contributed by atoms with Gasteiger partial charge in [-0.15, -0.1) is 0 Å². The minimum absolute atomic E-state index is 0.456. The van der Waals surface area contributed by atoms with Gasteiger partial charge in [0.2, 0.25) is 0 Å². The molecule has 1 aromatic rings. The summed E-state index contributed by atoms with van der Waals surface area (Å²) in [5, 5.41) is 0. The first-order valence-electron chi connectivity index (χ1n) is 6.62. The maximum Gasteiger partial charge on any atom is 0.0572 e. The van der Waals surface area contributed by atoms with E-state index in [0.29, 0.717) is 6.04 Å². The predicted octanol–water partition coefficient (Wildman–Crippen LogP) is 1.92. The Kier molecular flexibility index (Phi) is 2.89. The van der Waals surface area contributed by atoms with Crippen molar-refractivity contribution in [3.05, 3.63) is 30.1 Å². The van der Waals surface area contributed by atoms with Crippen molar-refractivity contribution < 1.29 is 0 Å². The van der Waals surface area contributed by atoms with Gasteiger partial charge in [0, 0.05) is 37.4 Å². The Bertz CT molecular complexity index is 378. The van der Waals surface area contributed by atoms with Gasteiger partial charge in [-0.2, -0.15) is 0 Å². The molecule has 0 amide bonds. The maximum absolute atomic E-state index is 4.50. The van der Waals surface area contributed by atoms with Crippen molar-refractivity contribution in [3.8, 4) is 0 Å². The molecular weight excluding hydrogens is 210 g/mol. The number of fused-ring (bicyclic) bond motifs is 3. The van der Waals surface area contributed by atoms with Gasteiger partial charge in [-0.25, -0.2) is 0 Å². The lowest BCUT2D eigenvalue weighted by Crippen LogP contribution is -2.61. The summed E-state index contributed by atoms with van der Waals surface area (Å²) in [7, 11) is 2.26. The van der Waals surface area contributed by atoms with Crippen molar-refractivity contribution in [2.45, 2.75) is 37.9 Å². The Morgan fingerprint density at radius 3 is 2.65 bits per heavy atom. The number of pyridine rings is 1. The fourth-order valence-electron chi connectivity index (χ4n) is 3.34. The average Bonchev–Trinajstić information content (AvgIpc) is 2.39. The Balaban J connectivity index is 1.78. The SMILES string of the molecule is C[C@@H](c1ccccn1)N1CC2CCC1CN2C. The van der Waals surface area contributed by atoms with Gasteiger partial charge in [0.1, 0.15) is 0 Å². The largest absolute Gasteiger partial charge is 0.301 e. The third-order valence-corrected chi connectivity index (χ3v) is 4.46. The van der Waals surface area contributed by atoms with E-state index in [1.54, 1.807) is 0 Å². The lowest BCUT2D eigenvalue weighted by atomic mass is 9.89. The van der Waals surface area contributed by atoms with Gasteiger partial charge in [-0.3, -0.25) is 9.88 Å². The number of hydrogen-bond acceptors (Lipinski definition) is 3. The number of piperazine rings is 1. The van der Waals surface area contributed by atoms with Gasteiger partial charge in [-0.1, -0.05) is 6.07 Å². The Hall–Kier alpha value is -0.930. The molecule has 3 aliphatic rings. The Morgan fingerprint density at radius 2 is 2.06 bits per heavy atom. The first kappa shape index (κ1) is 11.2. The van der Waals surface area contributed by atoms with Gasteiger partial charge in [0.05, 0.1) is 5.69 Å². The molecular formula is C14H21N3. The second-order valence-electron chi connectivity index (χ2n) is 5.45. The first-order chi connectivity index (χ1) is 8.25. The molecule has 3 saturated heterocycles. The van der Waals surface area contributed by atoms with Crippen LogP contribution in [0.5, 0.6) is 0 Å². The molecule has 0 aliphatic carbocycles. The van der Waals surface area contributed by atoms with Gasteiger partial charge >= 0.3 is 0 Å². The number of aromatic nitrogens is 1. The second-order valence-corrected chi connectivity index (χ2v) is 5.45. The highest BCUT2D eigenvalue weighted by atomic mass is 15.3. The summed E-state index contributed by atoms with van der Waals surface area (Å²) in [5.41, 5.74) is 1.21. The molecule has 0 aromatic carbocycles. The summed E-state index contributed by atoms with van der Waals surface area (Å²) >= 11 is 0. The maximum atomic E-state index is 4.50. The lowest BCUT2D eigenvalue weighted by Gasteiger charge is -2.52. The van der Waals surface area contributed by atoms with Crippen molar-refractivity contribution in [1.29, 1.82) is 0 Å². The monoisotopic (exact) mass is 231 g/mol. The lowest BCUT2D eigenvalue weighted by molar-refractivity contribution is -0.0287. The molecule has 3 nitrogen and oxygen atoms in total. The van der Waals surface area contributed by atoms with E-state index >= 15 is 0 Å². The van der Waals surface area contributed by atoms with E-state index in [0.717, 1.165) is 12.1 Å². The fraction of sp³-hybridized carbons (Fsp3) is 0.643. The topological polar surface area (TPSA) is 19.4 Å². The van der Waals surface area contributed by atoms with Crippen molar-refractivity contribution in [2.24, 2.45) is 0 Å². The van der Waals surface area contributed by atoms with Gasteiger partial charge in [0.15, 0.2) is 0 Å². The Morgan fingerprint density at radius 1 is 1.24 bits per heavy atom. The summed E-state index contributed by atoms with van der Waals surface area (Å²) in [6.45, 7) is 4.73.